The summed E-state index contributed by atoms with van der Waals surface area (Å²) in [5, 5.41) is 8.87. The lowest BCUT2D eigenvalue weighted by molar-refractivity contribution is -0.138. The zero-order valence-corrected chi connectivity index (χ0v) is 11.9. The maximum absolute atomic E-state index is 11.8. The first-order chi connectivity index (χ1) is 9.10. The van der Waals surface area contributed by atoms with E-state index in [-0.39, 0.29) is 12.6 Å². The van der Waals surface area contributed by atoms with Crippen molar-refractivity contribution >= 4 is 11.5 Å². The van der Waals surface area contributed by atoms with Gasteiger partial charge < -0.3 is 9.84 Å². The molecule has 3 heteroatoms. The molecule has 1 N–H and O–H groups in total. The predicted octanol–water partition coefficient (Wildman–Crippen LogP) is 2.97. The van der Waals surface area contributed by atoms with Crippen molar-refractivity contribution in [1.29, 1.82) is 0 Å². The molecule has 0 aromatic heterocycles. The molecule has 1 aromatic carbocycles. The van der Waals surface area contributed by atoms with Gasteiger partial charge in [0.15, 0.2) is 0 Å². The van der Waals surface area contributed by atoms with Crippen molar-refractivity contribution in [2.75, 3.05) is 13.2 Å². The molecule has 0 atom stereocenters. The number of benzene rings is 1. The Bertz CT molecular complexity index is 444. The maximum Gasteiger partial charge on any atom is 0.333 e. The van der Waals surface area contributed by atoms with Crippen LogP contribution in [0.15, 0.2) is 29.8 Å². The maximum atomic E-state index is 11.8. The molecule has 104 valence electrons. The van der Waals surface area contributed by atoms with Crippen molar-refractivity contribution in [2.45, 2.75) is 33.6 Å². The van der Waals surface area contributed by atoms with E-state index in [1.165, 1.54) is 0 Å². The van der Waals surface area contributed by atoms with Crippen LogP contribution in [0.1, 0.15) is 38.3 Å². The van der Waals surface area contributed by atoms with Crippen LogP contribution in [0.5, 0.6) is 0 Å². The van der Waals surface area contributed by atoms with Crippen molar-refractivity contribution in [3.05, 3.63) is 41.0 Å². The summed E-state index contributed by atoms with van der Waals surface area (Å²) in [5.41, 5.74) is 3.66. The molecule has 0 amide bonds. The minimum Gasteiger partial charge on any atom is -0.462 e. The minimum atomic E-state index is -0.251. The van der Waals surface area contributed by atoms with E-state index in [0.717, 1.165) is 23.1 Å². The highest BCUT2D eigenvalue weighted by Gasteiger charge is 2.10. The fraction of sp³-hybridized carbons (Fsp3) is 0.438. The van der Waals surface area contributed by atoms with Gasteiger partial charge in [-0.2, -0.15) is 0 Å². The lowest BCUT2D eigenvalue weighted by Crippen LogP contribution is -2.08. The van der Waals surface area contributed by atoms with Crippen molar-refractivity contribution in [1.82, 2.24) is 0 Å². The second-order valence-electron chi connectivity index (χ2n) is 4.56. The molecule has 0 fully saturated rings. The predicted molar refractivity (Wildman–Crippen MR) is 76.7 cm³/mol. The Kier molecular flexibility index (Phi) is 6.30. The van der Waals surface area contributed by atoms with Gasteiger partial charge in [-0.25, -0.2) is 4.79 Å². The molecule has 0 aliphatic rings. The van der Waals surface area contributed by atoms with E-state index < -0.39 is 0 Å². The van der Waals surface area contributed by atoms with Crippen LogP contribution in [-0.4, -0.2) is 24.3 Å². The number of hydrogen-bond donors (Lipinski definition) is 1. The zero-order chi connectivity index (χ0) is 14.3. The Balaban J connectivity index is 2.84. The molecular weight excluding hydrogens is 240 g/mol. The molecule has 0 bridgehead atoms. The van der Waals surface area contributed by atoms with Crippen LogP contribution in [0.4, 0.5) is 0 Å². The van der Waals surface area contributed by atoms with Gasteiger partial charge in [-0.15, -0.1) is 0 Å². The highest BCUT2D eigenvalue weighted by Crippen LogP contribution is 2.19. The van der Waals surface area contributed by atoms with Crippen LogP contribution < -0.4 is 0 Å². The van der Waals surface area contributed by atoms with Crippen LogP contribution in [-0.2, 0) is 16.0 Å². The monoisotopic (exact) mass is 262 g/mol. The Labute approximate surface area is 114 Å². The van der Waals surface area contributed by atoms with Crippen molar-refractivity contribution < 1.29 is 14.6 Å². The van der Waals surface area contributed by atoms with E-state index >= 15 is 0 Å². The van der Waals surface area contributed by atoms with Crippen LogP contribution >= 0.6 is 0 Å². The molecule has 0 aliphatic carbocycles. The van der Waals surface area contributed by atoms with Gasteiger partial charge in [0, 0.05) is 12.2 Å². The SMILES string of the molecule is CCCOC(=O)C(C)=C(C)c1ccc(CCO)cc1. The van der Waals surface area contributed by atoms with Crippen LogP contribution in [0.2, 0.25) is 0 Å². The van der Waals surface area contributed by atoms with E-state index in [4.69, 9.17) is 9.84 Å². The van der Waals surface area contributed by atoms with Crippen LogP contribution in [0.3, 0.4) is 0 Å². The van der Waals surface area contributed by atoms with E-state index in [2.05, 4.69) is 0 Å². The van der Waals surface area contributed by atoms with Gasteiger partial charge in [-0.3, -0.25) is 0 Å². The lowest BCUT2D eigenvalue weighted by Gasteiger charge is -2.09. The molecule has 0 unspecified atom stereocenters. The van der Waals surface area contributed by atoms with Crippen molar-refractivity contribution in [2.24, 2.45) is 0 Å². The summed E-state index contributed by atoms with van der Waals surface area (Å²) in [4.78, 5) is 11.8. The van der Waals surface area contributed by atoms with Crippen molar-refractivity contribution in [3.8, 4) is 0 Å². The van der Waals surface area contributed by atoms with E-state index in [0.29, 0.717) is 18.6 Å². The number of hydrogen-bond acceptors (Lipinski definition) is 3. The smallest absolute Gasteiger partial charge is 0.333 e. The molecule has 19 heavy (non-hydrogen) atoms. The largest absolute Gasteiger partial charge is 0.462 e. The van der Waals surface area contributed by atoms with Gasteiger partial charge in [-0.05, 0) is 43.4 Å². The molecular formula is C16H22O3. The van der Waals surface area contributed by atoms with Gasteiger partial charge in [0.1, 0.15) is 0 Å². The van der Waals surface area contributed by atoms with Crippen LogP contribution in [0, 0.1) is 0 Å². The number of ether oxygens (including phenoxy) is 1. The molecule has 0 aliphatic heterocycles. The first-order valence-corrected chi connectivity index (χ1v) is 6.65. The van der Waals surface area contributed by atoms with E-state index in [1.54, 1.807) is 6.92 Å². The third-order valence-corrected chi connectivity index (χ3v) is 3.09. The second kappa shape index (κ2) is 7.74. The number of aliphatic hydroxyl groups is 1. The van der Waals surface area contributed by atoms with Gasteiger partial charge in [-0.1, -0.05) is 31.2 Å². The number of carbonyl (C=O) groups excluding carboxylic acids is 1. The first kappa shape index (κ1) is 15.4. The third-order valence-electron chi connectivity index (χ3n) is 3.09. The van der Waals surface area contributed by atoms with E-state index in [9.17, 15) is 4.79 Å². The van der Waals surface area contributed by atoms with Crippen molar-refractivity contribution in [3.63, 3.8) is 0 Å². The zero-order valence-electron chi connectivity index (χ0n) is 11.9. The summed E-state index contributed by atoms with van der Waals surface area (Å²) < 4.78 is 5.13. The molecule has 0 radical (unpaired) electrons. The Morgan fingerprint density at radius 2 is 1.84 bits per heavy atom. The summed E-state index contributed by atoms with van der Waals surface area (Å²) in [6.45, 7) is 6.28. The standard InChI is InChI=1S/C16H22O3/c1-4-11-19-16(18)13(3)12(2)15-7-5-14(6-8-15)9-10-17/h5-8,17H,4,9-11H2,1-3H3. The Hall–Kier alpha value is -1.61. The lowest BCUT2D eigenvalue weighted by atomic mass is 10.0. The second-order valence-corrected chi connectivity index (χ2v) is 4.56. The summed E-state index contributed by atoms with van der Waals surface area (Å²) in [6.07, 6.45) is 1.48. The Morgan fingerprint density at radius 3 is 2.37 bits per heavy atom. The number of rotatable bonds is 6. The number of esters is 1. The van der Waals surface area contributed by atoms with Crippen LogP contribution in [0.25, 0.3) is 5.57 Å². The van der Waals surface area contributed by atoms with Gasteiger partial charge in [0.25, 0.3) is 0 Å². The topological polar surface area (TPSA) is 46.5 Å². The van der Waals surface area contributed by atoms with E-state index in [1.807, 2.05) is 38.1 Å². The molecule has 0 spiro atoms. The fourth-order valence-electron chi connectivity index (χ4n) is 1.72. The average molecular weight is 262 g/mol. The third kappa shape index (κ3) is 4.52. The molecule has 0 heterocycles. The van der Waals surface area contributed by atoms with Gasteiger partial charge >= 0.3 is 5.97 Å². The summed E-state index contributed by atoms with van der Waals surface area (Å²) >= 11 is 0. The normalized spacial score (nSPS) is 12.0. The first-order valence-electron chi connectivity index (χ1n) is 6.65. The van der Waals surface area contributed by atoms with Gasteiger partial charge in [0.05, 0.1) is 6.61 Å². The highest BCUT2D eigenvalue weighted by molar-refractivity contribution is 5.96. The highest BCUT2D eigenvalue weighted by atomic mass is 16.5. The number of aliphatic hydroxyl groups excluding tert-OH is 1. The summed E-state index contributed by atoms with van der Waals surface area (Å²) in [7, 11) is 0. The molecule has 1 rings (SSSR count). The Morgan fingerprint density at radius 1 is 1.21 bits per heavy atom. The molecule has 0 saturated heterocycles. The fourth-order valence-corrected chi connectivity index (χ4v) is 1.72. The number of carbonyl (C=O) groups is 1. The molecule has 0 saturated carbocycles. The summed E-state index contributed by atoms with van der Waals surface area (Å²) in [5.74, 6) is -0.251. The van der Waals surface area contributed by atoms with Gasteiger partial charge in [0.2, 0.25) is 0 Å². The molecule has 3 nitrogen and oxygen atoms in total. The number of allylic oxidation sites excluding steroid dienone is 1. The quantitative estimate of drug-likeness (QED) is 0.633. The average Bonchev–Trinajstić information content (AvgIpc) is 2.44. The molecule has 1 aromatic rings. The summed E-state index contributed by atoms with van der Waals surface area (Å²) in [6, 6.07) is 7.88. The minimum absolute atomic E-state index is 0.149.